The van der Waals surface area contributed by atoms with E-state index in [0.717, 1.165) is 40.2 Å². The number of anilines is 1. The highest BCUT2D eigenvalue weighted by Gasteiger charge is 2.20. The number of hydrogen-bond acceptors (Lipinski definition) is 5. The van der Waals surface area contributed by atoms with Crippen molar-refractivity contribution in [2.45, 2.75) is 39.8 Å². The third-order valence-electron chi connectivity index (χ3n) is 5.61. The van der Waals surface area contributed by atoms with Gasteiger partial charge in [0.2, 0.25) is 5.95 Å². The summed E-state index contributed by atoms with van der Waals surface area (Å²) in [6, 6.07) is 3.43. The number of ether oxygens (including phenoxy) is 1. The van der Waals surface area contributed by atoms with Crippen molar-refractivity contribution in [2.75, 3.05) is 11.9 Å². The molecule has 4 heterocycles. The SMILES string of the molecule is Cc1c(-c2cnc(NCc3c(F)ccc4c3CCO4)n3ccnc23)cnn1C(C)C. The van der Waals surface area contributed by atoms with Crippen molar-refractivity contribution in [3.05, 3.63) is 59.6 Å². The van der Waals surface area contributed by atoms with Crippen LogP contribution < -0.4 is 10.1 Å². The second-order valence-corrected chi connectivity index (χ2v) is 7.75. The lowest BCUT2D eigenvalue weighted by Gasteiger charge is -2.13. The summed E-state index contributed by atoms with van der Waals surface area (Å²) < 4.78 is 23.9. The zero-order valence-electron chi connectivity index (χ0n) is 17.2. The summed E-state index contributed by atoms with van der Waals surface area (Å²) in [5.74, 6) is 1.14. The largest absolute Gasteiger partial charge is 0.493 e. The summed E-state index contributed by atoms with van der Waals surface area (Å²) in [4.78, 5) is 9.14. The van der Waals surface area contributed by atoms with Gasteiger partial charge in [-0.15, -0.1) is 0 Å². The maximum absolute atomic E-state index is 14.5. The lowest BCUT2D eigenvalue weighted by Crippen LogP contribution is -2.10. The topological polar surface area (TPSA) is 69.3 Å². The molecule has 0 aliphatic carbocycles. The summed E-state index contributed by atoms with van der Waals surface area (Å²) >= 11 is 0. The summed E-state index contributed by atoms with van der Waals surface area (Å²) in [7, 11) is 0. The smallest absolute Gasteiger partial charge is 0.208 e. The fourth-order valence-corrected chi connectivity index (χ4v) is 4.12. The van der Waals surface area contributed by atoms with Gasteiger partial charge in [-0.1, -0.05) is 0 Å². The number of aromatic nitrogens is 5. The molecule has 154 valence electrons. The monoisotopic (exact) mass is 406 g/mol. The molecular formula is C22H23FN6O. The second-order valence-electron chi connectivity index (χ2n) is 7.75. The van der Waals surface area contributed by atoms with Gasteiger partial charge in [0.1, 0.15) is 17.2 Å². The number of nitrogens with zero attached hydrogens (tertiary/aromatic N) is 5. The predicted octanol–water partition coefficient (Wildman–Crippen LogP) is 4.17. The zero-order chi connectivity index (χ0) is 20.8. The van der Waals surface area contributed by atoms with E-state index in [1.54, 1.807) is 18.5 Å². The number of halogens is 1. The van der Waals surface area contributed by atoms with Crippen molar-refractivity contribution in [1.82, 2.24) is 24.1 Å². The van der Waals surface area contributed by atoms with Crippen molar-refractivity contribution in [3.8, 4) is 16.9 Å². The number of fused-ring (bicyclic) bond motifs is 2. The molecule has 0 atom stereocenters. The molecule has 0 spiro atoms. The van der Waals surface area contributed by atoms with Crippen LogP contribution in [0.3, 0.4) is 0 Å². The van der Waals surface area contributed by atoms with Crippen molar-refractivity contribution >= 4 is 11.6 Å². The molecule has 1 aliphatic rings. The number of nitrogens with one attached hydrogen (secondary N) is 1. The van der Waals surface area contributed by atoms with Crippen molar-refractivity contribution < 1.29 is 9.13 Å². The van der Waals surface area contributed by atoms with Gasteiger partial charge >= 0.3 is 0 Å². The molecular weight excluding hydrogens is 383 g/mol. The Morgan fingerprint density at radius 1 is 1.20 bits per heavy atom. The Balaban J connectivity index is 1.49. The van der Waals surface area contributed by atoms with E-state index >= 15 is 0 Å². The average Bonchev–Trinajstić information content (AvgIpc) is 3.46. The molecule has 30 heavy (non-hydrogen) atoms. The average molecular weight is 406 g/mol. The first-order valence-electron chi connectivity index (χ1n) is 10.1. The van der Waals surface area contributed by atoms with Crippen LogP contribution >= 0.6 is 0 Å². The Morgan fingerprint density at radius 3 is 2.87 bits per heavy atom. The minimum atomic E-state index is -0.234. The normalized spacial score (nSPS) is 13.1. The number of rotatable bonds is 5. The maximum Gasteiger partial charge on any atom is 0.208 e. The van der Waals surface area contributed by atoms with Crippen LogP contribution in [0.15, 0.2) is 36.9 Å². The molecule has 0 amide bonds. The molecule has 8 heteroatoms. The van der Waals surface area contributed by atoms with E-state index in [2.05, 4.69) is 41.2 Å². The number of benzene rings is 1. The van der Waals surface area contributed by atoms with Gasteiger partial charge in [-0.25, -0.2) is 14.4 Å². The zero-order valence-corrected chi connectivity index (χ0v) is 17.2. The van der Waals surface area contributed by atoms with E-state index in [1.165, 1.54) is 6.07 Å². The van der Waals surface area contributed by atoms with Gasteiger partial charge < -0.3 is 10.1 Å². The summed E-state index contributed by atoms with van der Waals surface area (Å²) in [5.41, 5.74) is 5.31. The maximum atomic E-state index is 14.5. The molecule has 3 aromatic heterocycles. The van der Waals surface area contributed by atoms with E-state index in [4.69, 9.17) is 4.74 Å². The van der Waals surface area contributed by atoms with Crippen LogP contribution in [-0.2, 0) is 13.0 Å². The summed E-state index contributed by atoms with van der Waals surface area (Å²) in [6.45, 7) is 7.17. The molecule has 1 aromatic carbocycles. The summed E-state index contributed by atoms with van der Waals surface area (Å²) in [6.07, 6.45) is 7.97. The van der Waals surface area contributed by atoms with Gasteiger partial charge in [0.25, 0.3) is 0 Å². The summed E-state index contributed by atoms with van der Waals surface area (Å²) in [5, 5.41) is 7.78. The van der Waals surface area contributed by atoms with Crippen LogP contribution in [0.25, 0.3) is 16.8 Å². The molecule has 1 aliphatic heterocycles. The third-order valence-corrected chi connectivity index (χ3v) is 5.61. The number of hydrogen-bond donors (Lipinski definition) is 1. The first kappa shape index (κ1) is 18.6. The Hall–Kier alpha value is -3.42. The minimum absolute atomic E-state index is 0.234. The van der Waals surface area contributed by atoms with Crippen molar-refractivity contribution in [2.24, 2.45) is 0 Å². The van der Waals surface area contributed by atoms with Crippen LogP contribution in [0.5, 0.6) is 5.75 Å². The first-order valence-corrected chi connectivity index (χ1v) is 10.1. The van der Waals surface area contributed by atoms with Gasteiger partial charge in [0.05, 0.1) is 12.8 Å². The highest BCUT2D eigenvalue weighted by Crippen LogP contribution is 2.32. The second kappa shape index (κ2) is 7.12. The Morgan fingerprint density at radius 2 is 2.07 bits per heavy atom. The lowest BCUT2D eigenvalue weighted by atomic mass is 10.0. The van der Waals surface area contributed by atoms with Gasteiger partial charge in [0, 0.05) is 65.5 Å². The van der Waals surface area contributed by atoms with Crippen LogP contribution in [0.4, 0.5) is 10.3 Å². The van der Waals surface area contributed by atoms with Gasteiger partial charge in [-0.05, 0) is 32.9 Å². The van der Waals surface area contributed by atoms with Gasteiger partial charge in [-0.2, -0.15) is 5.10 Å². The van der Waals surface area contributed by atoms with E-state index in [0.29, 0.717) is 24.7 Å². The van der Waals surface area contributed by atoms with Crippen LogP contribution in [0, 0.1) is 12.7 Å². The highest BCUT2D eigenvalue weighted by atomic mass is 19.1. The molecule has 0 bridgehead atoms. The molecule has 0 unspecified atom stereocenters. The van der Waals surface area contributed by atoms with Crippen molar-refractivity contribution in [1.29, 1.82) is 0 Å². The lowest BCUT2D eigenvalue weighted by molar-refractivity contribution is 0.356. The molecule has 0 radical (unpaired) electrons. The fraction of sp³-hybridized carbons (Fsp3) is 0.318. The van der Waals surface area contributed by atoms with Crippen LogP contribution in [0.1, 0.15) is 36.7 Å². The fourth-order valence-electron chi connectivity index (χ4n) is 4.12. The molecule has 0 saturated carbocycles. The molecule has 7 nitrogen and oxygen atoms in total. The minimum Gasteiger partial charge on any atom is -0.493 e. The predicted molar refractivity (Wildman–Crippen MR) is 112 cm³/mol. The standard InChI is InChI=1S/C22H23FN6O/c1-13(2)29-14(3)16(12-27-29)18-11-26-22(28-8-7-24-21(18)28)25-10-17-15-6-9-30-20(15)5-4-19(17)23/h4-5,7-8,11-13H,6,9-10H2,1-3H3,(H,25,26). The van der Waals surface area contributed by atoms with E-state index in [-0.39, 0.29) is 11.9 Å². The molecule has 1 N–H and O–H groups in total. The highest BCUT2D eigenvalue weighted by molar-refractivity contribution is 5.79. The van der Waals surface area contributed by atoms with E-state index in [1.807, 2.05) is 21.5 Å². The number of imidazole rings is 1. The van der Waals surface area contributed by atoms with E-state index < -0.39 is 0 Å². The van der Waals surface area contributed by atoms with Crippen LogP contribution in [0.2, 0.25) is 0 Å². The molecule has 5 rings (SSSR count). The third kappa shape index (κ3) is 2.91. The van der Waals surface area contributed by atoms with Gasteiger partial charge in [-0.3, -0.25) is 9.08 Å². The first-order chi connectivity index (χ1) is 14.5. The molecule has 0 saturated heterocycles. The van der Waals surface area contributed by atoms with Crippen LogP contribution in [-0.4, -0.2) is 30.8 Å². The quantitative estimate of drug-likeness (QED) is 0.539. The van der Waals surface area contributed by atoms with Gasteiger partial charge in [0.15, 0.2) is 0 Å². The Kier molecular flexibility index (Phi) is 4.42. The molecule has 4 aromatic rings. The van der Waals surface area contributed by atoms with E-state index in [9.17, 15) is 4.39 Å². The Labute approximate surface area is 173 Å². The Bertz CT molecular complexity index is 1240. The molecule has 0 fully saturated rings. The van der Waals surface area contributed by atoms with Crippen molar-refractivity contribution in [3.63, 3.8) is 0 Å².